The summed E-state index contributed by atoms with van der Waals surface area (Å²) in [5, 5.41) is 0.763. The molecule has 2 heterocycles. The number of aromatic nitrogens is 2. The van der Waals surface area contributed by atoms with Crippen LogP contribution in [0.25, 0.3) is 11.0 Å². The van der Waals surface area contributed by atoms with Crippen molar-refractivity contribution in [2.24, 2.45) is 5.73 Å². The highest BCUT2D eigenvalue weighted by molar-refractivity contribution is 7.90. The number of rotatable bonds is 3. The van der Waals surface area contributed by atoms with Crippen molar-refractivity contribution in [3.8, 4) is 0 Å². The highest BCUT2D eigenvalue weighted by Crippen LogP contribution is 2.22. The van der Waals surface area contributed by atoms with Crippen LogP contribution in [0.3, 0.4) is 0 Å². The van der Waals surface area contributed by atoms with E-state index in [-0.39, 0.29) is 10.9 Å². The lowest BCUT2D eigenvalue weighted by atomic mass is 10.2. The van der Waals surface area contributed by atoms with Crippen molar-refractivity contribution in [3.63, 3.8) is 0 Å². The lowest BCUT2D eigenvalue weighted by molar-refractivity contribution is 0.588. The fourth-order valence-electron chi connectivity index (χ4n) is 2.15. The molecule has 0 radical (unpaired) electrons. The van der Waals surface area contributed by atoms with Gasteiger partial charge in [-0.05, 0) is 37.3 Å². The van der Waals surface area contributed by atoms with Crippen LogP contribution in [0.5, 0.6) is 0 Å². The van der Waals surface area contributed by atoms with Gasteiger partial charge in [0, 0.05) is 17.6 Å². The summed E-state index contributed by atoms with van der Waals surface area (Å²) in [6.07, 6.45) is 1.52. The molecule has 108 valence electrons. The first-order valence-corrected chi connectivity index (χ1v) is 7.98. The van der Waals surface area contributed by atoms with Crippen molar-refractivity contribution in [3.05, 3.63) is 60.4 Å². The van der Waals surface area contributed by atoms with Gasteiger partial charge >= 0.3 is 0 Å². The molecule has 1 aromatic carbocycles. The number of hydrogen-bond acceptors (Lipinski definition) is 4. The molecule has 3 rings (SSSR count). The largest absolute Gasteiger partial charge is 0.323 e. The van der Waals surface area contributed by atoms with Crippen LogP contribution in [0.1, 0.15) is 18.7 Å². The molecule has 0 saturated heterocycles. The van der Waals surface area contributed by atoms with Crippen molar-refractivity contribution < 1.29 is 8.42 Å². The van der Waals surface area contributed by atoms with E-state index >= 15 is 0 Å². The minimum Gasteiger partial charge on any atom is -0.323 e. The average molecular weight is 301 g/mol. The van der Waals surface area contributed by atoms with Gasteiger partial charge in [0.2, 0.25) is 0 Å². The first-order valence-electron chi connectivity index (χ1n) is 6.54. The minimum atomic E-state index is -3.65. The Labute approximate surface area is 123 Å². The van der Waals surface area contributed by atoms with E-state index < -0.39 is 10.0 Å². The Hall–Kier alpha value is -2.18. The zero-order valence-corrected chi connectivity index (χ0v) is 12.3. The molecular weight excluding hydrogens is 286 g/mol. The van der Waals surface area contributed by atoms with Crippen LogP contribution in [-0.4, -0.2) is 17.4 Å². The molecule has 0 amide bonds. The molecule has 21 heavy (non-hydrogen) atoms. The van der Waals surface area contributed by atoms with Gasteiger partial charge in [0.25, 0.3) is 10.0 Å². The molecule has 3 aromatic rings. The summed E-state index contributed by atoms with van der Waals surface area (Å²) < 4.78 is 26.6. The van der Waals surface area contributed by atoms with Crippen LogP contribution in [0.2, 0.25) is 0 Å². The third-order valence-corrected chi connectivity index (χ3v) is 4.97. The molecule has 0 aliphatic rings. The molecule has 1 atom stereocenters. The highest BCUT2D eigenvalue weighted by Gasteiger charge is 2.19. The SMILES string of the molecule is C[C@@H](N)c1ccc2ccn(S(=O)(=O)c3ccccc3)c2n1. The second-order valence-corrected chi connectivity index (χ2v) is 6.68. The van der Waals surface area contributed by atoms with Gasteiger partial charge < -0.3 is 5.73 Å². The van der Waals surface area contributed by atoms with Gasteiger partial charge in [0.15, 0.2) is 5.65 Å². The number of nitrogens with two attached hydrogens (primary N) is 1. The standard InChI is InChI=1S/C15H15N3O2S/c1-11(16)14-8-7-12-9-10-18(15(12)17-14)21(19,20)13-5-3-2-4-6-13/h2-11H,16H2,1H3/t11-/m1/s1. The smallest absolute Gasteiger partial charge is 0.269 e. The Kier molecular flexibility index (Phi) is 3.27. The van der Waals surface area contributed by atoms with Gasteiger partial charge in [0.1, 0.15) is 0 Å². The topological polar surface area (TPSA) is 78.0 Å². The van der Waals surface area contributed by atoms with Crippen molar-refractivity contribution in [1.29, 1.82) is 0 Å². The molecule has 6 heteroatoms. The predicted molar refractivity (Wildman–Crippen MR) is 81.4 cm³/mol. The summed E-state index contributed by atoms with van der Waals surface area (Å²) >= 11 is 0. The fraction of sp³-hybridized carbons (Fsp3) is 0.133. The van der Waals surface area contributed by atoms with E-state index in [4.69, 9.17) is 5.73 Å². The number of nitrogens with zero attached hydrogens (tertiary/aromatic N) is 2. The quantitative estimate of drug-likeness (QED) is 0.805. The molecule has 0 fully saturated rings. The molecule has 0 aliphatic carbocycles. The molecular formula is C15H15N3O2S. The number of hydrogen-bond donors (Lipinski definition) is 1. The van der Waals surface area contributed by atoms with E-state index in [1.165, 1.54) is 10.2 Å². The summed E-state index contributed by atoms with van der Waals surface area (Å²) in [5.74, 6) is 0. The molecule has 0 aliphatic heterocycles. The van der Waals surface area contributed by atoms with Crippen molar-refractivity contribution in [2.75, 3.05) is 0 Å². The van der Waals surface area contributed by atoms with Crippen molar-refractivity contribution >= 4 is 21.1 Å². The van der Waals surface area contributed by atoms with E-state index in [0.29, 0.717) is 11.3 Å². The van der Waals surface area contributed by atoms with E-state index in [1.54, 1.807) is 36.4 Å². The Morgan fingerprint density at radius 2 is 1.81 bits per heavy atom. The molecule has 0 spiro atoms. The van der Waals surface area contributed by atoms with Gasteiger partial charge in [0.05, 0.1) is 10.6 Å². The number of benzene rings is 1. The normalized spacial score (nSPS) is 13.4. The highest BCUT2D eigenvalue weighted by atomic mass is 32.2. The zero-order valence-electron chi connectivity index (χ0n) is 11.5. The van der Waals surface area contributed by atoms with Gasteiger partial charge in [-0.1, -0.05) is 18.2 Å². The van der Waals surface area contributed by atoms with E-state index in [0.717, 1.165) is 5.39 Å². The first kappa shape index (κ1) is 13.8. The number of fused-ring (bicyclic) bond motifs is 1. The molecule has 0 bridgehead atoms. The van der Waals surface area contributed by atoms with E-state index in [9.17, 15) is 8.42 Å². The van der Waals surface area contributed by atoms with Crippen LogP contribution in [0.4, 0.5) is 0 Å². The van der Waals surface area contributed by atoms with Gasteiger partial charge in [-0.15, -0.1) is 0 Å². The second-order valence-electron chi connectivity index (χ2n) is 4.87. The monoisotopic (exact) mass is 301 g/mol. The molecule has 2 aromatic heterocycles. The lowest BCUT2D eigenvalue weighted by Crippen LogP contribution is -2.13. The van der Waals surface area contributed by atoms with Crippen LogP contribution >= 0.6 is 0 Å². The number of pyridine rings is 1. The maximum Gasteiger partial charge on any atom is 0.269 e. The average Bonchev–Trinajstić information content (AvgIpc) is 2.91. The summed E-state index contributed by atoms with van der Waals surface area (Å²) in [4.78, 5) is 4.62. The molecule has 2 N–H and O–H groups in total. The van der Waals surface area contributed by atoms with E-state index in [2.05, 4.69) is 4.98 Å². The third kappa shape index (κ3) is 2.32. The predicted octanol–water partition coefficient (Wildman–Crippen LogP) is 2.29. The van der Waals surface area contributed by atoms with Crippen LogP contribution in [0, 0.1) is 0 Å². The Balaban J connectivity index is 2.23. The Morgan fingerprint density at radius 1 is 1.10 bits per heavy atom. The van der Waals surface area contributed by atoms with Gasteiger partial charge in [-0.3, -0.25) is 0 Å². The summed E-state index contributed by atoms with van der Waals surface area (Å²) in [6, 6.07) is 13.4. The molecule has 5 nitrogen and oxygen atoms in total. The van der Waals surface area contributed by atoms with Crippen molar-refractivity contribution in [1.82, 2.24) is 8.96 Å². The van der Waals surface area contributed by atoms with Gasteiger partial charge in [-0.25, -0.2) is 17.4 Å². The molecule has 0 saturated carbocycles. The van der Waals surface area contributed by atoms with Gasteiger partial charge in [-0.2, -0.15) is 0 Å². The Bertz CT molecular complexity index is 884. The second kappa shape index (κ2) is 4.98. The van der Waals surface area contributed by atoms with Crippen LogP contribution < -0.4 is 5.73 Å². The zero-order chi connectivity index (χ0) is 15.0. The van der Waals surface area contributed by atoms with Crippen molar-refractivity contribution in [2.45, 2.75) is 17.9 Å². The third-order valence-electron chi connectivity index (χ3n) is 3.29. The first-order chi connectivity index (χ1) is 10.00. The maximum absolute atomic E-state index is 12.7. The summed E-state index contributed by atoms with van der Waals surface area (Å²) in [6.45, 7) is 1.81. The summed E-state index contributed by atoms with van der Waals surface area (Å²) in [7, 11) is -3.65. The summed E-state index contributed by atoms with van der Waals surface area (Å²) in [5.41, 5.74) is 6.88. The Morgan fingerprint density at radius 3 is 2.48 bits per heavy atom. The lowest BCUT2D eigenvalue weighted by Gasteiger charge is -2.09. The minimum absolute atomic E-state index is 0.232. The van der Waals surface area contributed by atoms with E-state index in [1.807, 2.05) is 19.1 Å². The molecule has 0 unspecified atom stereocenters. The maximum atomic E-state index is 12.7. The van der Waals surface area contributed by atoms with Crippen LogP contribution in [0.15, 0.2) is 59.6 Å². The fourth-order valence-corrected chi connectivity index (χ4v) is 3.48. The van der Waals surface area contributed by atoms with Crippen LogP contribution in [-0.2, 0) is 10.0 Å².